The highest BCUT2D eigenvalue weighted by molar-refractivity contribution is 6.11. The van der Waals surface area contributed by atoms with Crippen molar-refractivity contribution in [2.75, 3.05) is 0 Å². The van der Waals surface area contributed by atoms with Gasteiger partial charge in [-0.25, -0.2) is 0 Å². The van der Waals surface area contributed by atoms with Crippen LogP contribution in [-0.4, -0.2) is 0 Å². The molecule has 4 aromatic rings. The molecule has 0 unspecified atom stereocenters. The Morgan fingerprint density at radius 1 is 1.13 bits per heavy atom. The van der Waals surface area contributed by atoms with Crippen molar-refractivity contribution in [2.45, 2.75) is 51.8 Å². The minimum absolute atomic E-state index is 0.238. The highest BCUT2D eigenvalue weighted by Gasteiger charge is 2.25. The lowest BCUT2D eigenvalue weighted by Crippen LogP contribution is -2.35. The molecule has 3 nitrogen and oxygen atoms in total. The van der Waals surface area contributed by atoms with Crippen molar-refractivity contribution < 1.29 is 13.1 Å². The van der Waals surface area contributed by atoms with Gasteiger partial charge < -0.3 is 4.42 Å². The van der Waals surface area contributed by atoms with Gasteiger partial charge in [-0.1, -0.05) is 37.5 Å². The second-order valence-corrected chi connectivity index (χ2v) is 8.31. The Hall–Kier alpha value is -3.12. The van der Waals surface area contributed by atoms with Crippen LogP contribution in [0.2, 0.25) is 0 Å². The molecule has 5 rings (SSSR count). The van der Waals surface area contributed by atoms with Crippen molar-refractivity contribution in [3.8, 4) is 17.3 Å². The molecule has 30 heavy (non-hydrogen) atoms. The first-order chi connectivity index (χ1) is 15.8. The molecule has 0 aliphatic heterocycles. The number of hydrogen-bond acceptors (Lipinski definition) is 2. The molecule has 0 spiro atoms. The zero-order valence-corrected chi connectivity index (χ0v) is 17.7. The van der Waals surface area contributed by atoms with E-state index in [1.165, 1.54) is 0 Å². The van der Waals surface area contributed by atoms with E-state index in [2.05, 4.69) is 6.07 Å². The number of pyridine rings is 1. The van der Waals surface area contributed by atoms with Crippen LogP contribution in [0.25, 0.3) is 33.2 Å². The van der Waals surface area contributed by atoms with Crippen LogP contribution < -0.4 is 4.57 Å². The molecule has 2 heterocycles. The van der Waals surface area contributed by atoms with Crippen molar-refractivity contribution in [2.24, 2.45) is 7.05 Å². The van der Waals surface area contributed by atoms with E-state index in [0.29, 0.717) is 46.9 Å². The predicted octanol–water partition coefficient (Wildman–Crippen LogP) is 6.61. The van der Waals surface area contributed by atoms with E-state index < -0.39 is 5.89 Å². The summed E-state index contributed by atoms with van der Waals surface area (Å²) in [6.45, 7) is 3.89. The molecular formula is C27H27N2O+. The molecule has 1 aliphatic carbocycles. The second-order valence-electron chi connectivity index (χ2n) is 8.31. The molecule has 1 saturated carbocycles. The van der Waals surface area contributed by atoms with Crippen LogP contribution in [0.1, 0.15) is 64.5 Å². The Morgan fingerprint density at radius 3 is 2.70 bits per heavy atom. The molecule has 0 saturated heterocycles. The van der Waals surface area contributed by atoms with Gasteiger partial charge in [0.1, 0.15) is 18.2 Å². The van der Waals surface area contributed by atoms with Gasteiger partial charge in [0.15, 0.2) is 5.69 Å². The fraction of sp³-hybridized carbons (Fsp3) is 0.333. The van der Waals surface area contributed by atoms with Crippen molar-refractivity contribution in [3.63, 3.8) is 0 Å². The zero-order chi connectivity index (χ0) is 23.5. The van der Waals surface area contributed by atoms with E-state index in [-0.39, 0.29) is 6.04 Å². The summed E-state index contributed by atoms with van der Waals surface area (Å²) in [6.07, 6.45) is 4.36. The lowest BCUT2D eigenvalue weighted by atomic mass is 9.83. The fourth-order valence-corrected chi connectivity index (χ4v) is 4.68. The lowest BCUT2D eigenvalue weighted by molar-refractivity contribution is -0.666. The molecule has 1 aliphatic rings. The van der Waals surface area contributed by atoms with Gasteiger partial charge in [0.05, 0.1) is 19.9 Å². The zero-order valence-electron chi connectivity index (χ0n) is 20.7. The summed E-state index contributed by atoms with van der Waals surface area (Å²) in [5, 5.41) is 11.3. The van der Waals surface area contributed by atoms with Crippen molar-refractivity contribution in [1.82, 2.24) is 0 Å². The number of aryl methyl sites for hydroxylation is 1. The quantitative estimate of drug-likeness (QED) is 0.356. The molecule has 0 radical (unpaired) electrons. The van der Waals surface area contributed by atoms with Crippen LogP contribution in [-0.2, 0) is 7.05 Å². The molecule has 0 amide bonds. The molecule has 1 fully saturated rings. The second kappa shape index (κ2) is 7.29. The van der Waals surface area contributed by atoms with Gasteiger partial charge in [0, 0.05) is 31.2 Å². The number of aromatic nitrogens is 1. The fourth-order valence-electron chi connectivity index (χ4n) is 4.68. The summed E-state index contributed by atoms with van der Waals surface area (Å²) in [5.41, 5.74) is 5.51. The number of furan rings is 1. The third-order valence-corrected chi connectivity index (χ3v) is 6.43. The monoisotopic (exact) mass is 398 g/mol. The first kappa shape index (κ1) is 15.7. The standard InChI is InChI=1S/C27H27N2O/c1-17-12-13-22-26-20(16-28)10-7-11-24(26)30-27(22)25(17)23-15-21(14-18(2)29(23)3)19-8-5-4-6-9-19/h7,10-15,19H,4-6,8-9H2,1-3H3/q+1/i14D,15D,19D. The van der Waals surface area contributed by atoms with Crippen LogP contribution in [0.4, 0.5) is 0 Å². The highest BCUT2D eigenvalue weighted by atomic mass is 16.3. The Labute approximate surface area is 181 Å². The molecule has 3 heteroatoms. The maximum absolute atomic E-state index is 9.65. The van der Waals surface area contributed by atoms with Gasteiger partial charge in [-0.15, -0.1) is 0 Å². The average Bonchev–Trinajstić information content (AvgIpc) is 3.18. The molecule has 0 atom stereocenters. The number of benzene rings is 2. The van der Waals surface area contributed by atoms with Crippen LogP contribution in [0, 0.1) is 25.2 Å². The molecule has 0 N–H and O–H groups in total. The number of fused-ring (bicyclic) bond motifs is 3. The van der Waals surface area contributed by atoms with Crippen LogP contribution in [0.15, 0.2) is 46.8 Å². The molecule has 150 valence electrons. The van der Waals surface area contributed by atoms with E-state index in [4.69, 9.17) is 5.79 Å². The third kappa shape index (κ3) is 2.91. The highest BCUT2D eigenvalue weighted by Crippen LogP contribution is 2.40. The van der Waals surface area contributed by atoms with Gasteiger partial charge in [-0.2, -0.15) is 9.83 Å². The van der Waals surface area contributed by atoms with E-state index in [1.807, 2.05) is 49.7 Å². The third-order valence-electron chi connectivity index (χ3n) is 6.43. The first-order valence-electron chi connectivity index (χ1n) is 12.1. The number of rotatable bonds is 2. The summed E-state index contributed by atoms with van der Waals surface area (Å²) in [7, 11) is 1.88. The Morgan fingerprint density at radius 2 is 1.93 bits per heavy atom. The number of nitrogens with zero attached hydrogens (tertiary/aromatic N) is 2. The summed E-state index contributed by atoms with van der Waals surface area (Å²) in [4.78, 5) is 0. The van der Waals surface area contributed by atoms with E-state index in [9.17, 15) is 8.00 Å². The predicted molar refractivity (Wildman–Crippen MR) is 120 cm³/mol. The van der Waals surface area contributed by atoms with Crippen LogP contribution >= 0.6 is 0 Å². The molecular weight excluding hydrogens is 368 g/mol. The summed E-state index contributed by atoms with van der Waals surface area (Å²) < 4.78 is 35.5. The van der Waals surface area contributed by atoms with Crippen molar-refractivity contribution in [3.05, 3.63) is 64.8 Å². The SMILES string of the molecule is [2H]c1c(C2([2H])CCCCC2)c([2H])c(-c2c(C)ccc3c2oc2cccc(C#N)c23)[n+](C)c1C. The van der Waals surface area contributed by atoms with Gasteiger partial charge >= 0.3 is 0 Å². The van der Waals surface area contributed by atoms with E-state index in [1.54, 1.807) is 6.07 Å². The summed E-state index contributed by atoms with van der Waals surface area (Å²) in [6, 6.07) is 12.2. The maximum atomic E-state index is 9.65. The Balaban J connectivity index is 1.90. The number of nitriles is 1. The van der Waals surface area contributed by atoms with Crippen molar-refractivity contribution in [1.29, 1.82) is 5.26 Å². The average molecular weight is 399 g/mol. The lowest BCUT2D eigenvalue weighted by Gasteiger charge is -2.22. The summed E-state index contributed by atoms with van der Waals surface area (Å²) >= 11 is 0. The van der Waals surface area contributed by atoms with Crippen LogP contribution in [0.5, 0.6) is 0 Å². The largest absolute Gasteiger partial charge is 0.455 e. The topological polar surface area (TPSA) is 40.8 Å². The minimum atomic E-state index is -0.913. The Bertz CT molecular complexity index is 1470. The smallest absolute Gasteiger partial charge is 0.216 e. The van der Waals surface area contributed by atoms with E-state index >= 15 is 0 Å². The van der Waals surface area contributed by atoms with Gasteiger partial charge in [0.2, 0.25) is 5.69 Å². The Kier molecular flexibility index (Phi) is 3.81. The molecule has 2 aromatic carbocycles. The summed E-state index contributed by atoms with van der Waals surface area (Å²) in [5.74, 6) is -0.913. The maximum Gasteiger partial charge on any atom is 0.216 e. The van der Waals surface area contributed by atoms with Gasteiger partial charge in [-0.3, -0.25) is 0 Å². The normalized spacial score (nSPS) is 17.5. The molecule has 0 bridgehead atoms. The van der Waals surface area contributed by atoms with E-state index in [0.717, 1.165) is 46.9 Å². The van der Waals surface area contributed by atoms with Gasteiger partial charge in [-0.05, 0) is 48.9 Å². The molecule has 2 aromatic heterocycles. The van der Waals surface area contributed by atoms with Crippen LogP contribution in [0.3, 0.4) is 0 Å². The minimum Gasteiger partial charge on any atom is -0.455 e. The van der Waals surface area contributed by atoms with Crippen molar-refractivity contribution >= 4 is 21.9 Å². The van der Waals surface area contributed by atoms with Gasteiger partial charge in [0.25, 0.3) is 0 Å². The first-order valence-corrected chi connectivity index (χ1v) is 10.6. The number of hydrogen-bond donors (Lipinski definition) is 0.